The molecule has 17 heteroatoms. The van der Waals surface area contributed by atoms with Crippen LogP contribution in [0.3, 0.4) is 0 Å². The molecule has 0 saturated carbocycles. The van der Waals surface area contributed by atoms with E-state index >= 15 is 0 Å². The fraction of sp³-hybridized carbons (Fsp3) is 0.463. The van der Waals surface area contributed by atoms with Crippen molar-refractivity contribution in [3.05, 3.63) is 77.5 Å². The normalized spacial score (nSPS) is 18.6. The predicted molar refractivity (Wildman–Crippen MR) is 210 cm³/mol. The molecule has 4 amide bonds. The van der Waals surface area contributed by atoms with E-state index in [1.165, 1.54) is 17.0 Å². The number of benzene rings is 2. The minimum Gasteiger partial charge on any atom is -0.493 e. The van der Waals surface area contributed by atoms with E-state index in [1.54, 1.807) is 20.2 Å². The number of carbonyl (C=O) groups is 4. The fourth-order valence-corrected chi connectivity index (χ4v) is 7.22. The number of nitriles is 1. The number of likely N-dealkylation sites (N-methyl/N-ethyl adjacent to an activating group) is 1. The van der Waals surface area contributed by atoms with Crippen molar-refractivity contribution < 1.29 is 37.1 Å². The van der Waals surface area contributed by atoms with Crippen molar-refractivity contribution in [3.63, 3.8) is 0 Å². The lowest BCUT2D eigenvalue weighted by molar-refractivity contribution is -0.144. The molecule has 6 rings (SSSR count). The fourth-order valence-electron chi connectivity index (χ4n) is 7.22. The van der Waals surface area contributed by atoms with E-state index < -0.39 is 41.1 Å². The lowest BCUT2D eigenvalue weighted by atomic mass is 10.0. The topological polar surface area (TPSA) is 154 Å². The lowest BCUT2D eigenvalue weighted by Gasteiger charge is -2.39. The van der Waals surface area contributed by atoms with Gasteiger partial charge in [-0.25, -0.2) is 4.98 Å². The largest absolute Gasteiger partial charge is 0.493 e. The molecule has 0 radical (unpaired) electrons. The highest BCUT2D eigenvalue weighted by atomic mass is 19.4. The Hall–Kier alpha value is -5.73. The van der Waals surface area contributed by atoms with Crippen molar-refractivity contribution >= 4 is 40.8 Å². The Morgan fingerprint density at radius 2 is 1.62 bits per heavy atom. The van der Waals surface area contributed by atoms with Gasteiger partial charge in [0, 0.05) is 96.5 Å². The highest BCUT2D eigenvalue weighted by molar-refractivity contribution is 6.01. The molecule has 2 N–H and O–H groups in total. The molecule has 3 aliphatic heterocycles. The number of imide groups is 1. The number of pyridine rings is 1. The average molecular weight is 804 g/mol. The van der Waals surface area contributed by atoms with Gasteiger partial charge in [-0.15, -0.1) is 0 Å². The Labute approximate surface area is 335 Å². The maximum absolute atomic E-state index is 13.3. The molecule has 3 aliphatic rings. The zero-order valence-electron chi connectivity index (χ0n) is 32.6. The molecule has 3 aromatic rings. The van der Waals surface area contributed by atoms with Crippen LogP contribution in [-0.2, 0) is 31.8 Å². The first-order valence-electron chi connectivity index (χ1n) is 19.4. The van der Waals surface area contributed by atoms with Gasteiger partial charge in [0.25, 0.3) is 0 Å². The summed E-state index contributed by atoms with van der Waals surface area (Å²) in [6, 6.07) is 15.5. The molecule has 308 valence electrons. The summed E-state index contributed by atoms with van der Waals surface area (Å²) in [7, 11) is 1.59. The maximum Gasteiger partial charge on any atom is 0.417 e. The van der Waals surface area contributed by atoms with Gasteiger partial charge in [0.2, 0.25) is 23.6 Å². The van der Waals surface area contributed by atoms with Crippen molar-refractivity contribution in [2.75, 3.05) is 94.2 Å². The van der Waals surface area contributed by atoms with Crippen LogP contribution in [0, 0.1) is 17.2 Å². The smallest absolute Gasteiger partial charge is 0.417 e. The Kier molecular flexibility index (Phi) is 13.5. The van der Waals surface area contributed by atoms with Crippen LogP contribution in [0.2, 0.25) is 0 Å². The van der Waals surface area contributed by atoms with Gasteiger partial charge >= 0.3 is 6.18 Å². The molecule has 2 aromatic carbocycles. The molecule has 3 saturated heterocycles. The van der Waals surface area contributed by atoms with Crippen molar-refractivity contribution in [1.82, 2.24) is 25.0 Å². The maximum atomic E-state index is 13.3. The number of alkyl halides is 3. The van der Waals surface area contributed by atoms with Gasteiger partial charge in [0.15, 0.2) is 0 Å². The summed E-state index contributed by atoms with van der Waals surface area (Å²) in [6.07, 6.45) is -2.33. The molecular formula is C41H48F3N9O5. The SMILES string of the molecule is C[C@H](COc1ccc(N2CCN(CCN3CCN(c4ccc(CC(=O)N(C)C5CCC(=O)NC5=O)cn4)CC3)CC2)cc1)C(=O)Nc1ccc(C#N)c(C(F)(F)F)c1. The second-order valence-electron chi connectivity index (χ2n) is 14.9. The molecule has 14 nitrogen and oxygen atoms in total. The lowest BCUT2D eigenvalue weighted by Crippen LogP contribution is -2.53. The molecule has 1 aromatic heterocycles. The molecule has 2 atom stereocenters. The highest BCUT2D eigenvalue weighted by Crippen LogP contribution is 2.33. The first-order valence-corrected chi connectivity index (χ1v) is 19.4. The minimum absolute atomic E-state index is 0.0314. The highest BCUT2D eigenvalue weighted by Gasteiger charge is 2.34. The van der Waals surface area contributed by atoms with Gasteiger partial charge in [0.05, 0.1) is 36.1 Å². The first-order chi connectivity index (χ1) is 27.8. The zero-order chi connectivity index (χ0) is 41.4. The van der Waals surface area contributed by atoms with Gasteiger partial charge in [-0.1, -0.05) is 13.0 Å². The van der Waals surface area contributed by atoms with Crippen LogP contribution in [0.15, 0.2) is 60.8 Å². The third-order valence-electron chi connectivity index (χ3n) is 10.9. The second-order valence-corrected chi connectivity index (χ2v) is 14.9. The van der Waals surface area contributed by atoms with E-state index in [0.717, 1.165) is 94.6 Å². The van der Waals surface area contributed by atoms with Gasteiger partial charge in [-0.05, 0) is 60.5 Å². The Balaban J connectivity index is 0.863. The van der Waals surface area contributed by atoms with Gasteiger partial charge in [-0.2, -0.15) is 18.4 Å². The van der Waals surface area contributed by atoms with Crippen LogP contribution >= 0.6 is 0 Å². The third-order valence-corrected chi connectivity index (χ3v) is 10.9. The van der Waals surface area contributed by atoms with E-state index in [2.05, 4.69) is 35.2 Å². The molecule has 1 unspecified atom stereocenters. The summed E-state index contributed by atoms with van der Waals surface area (Å²) >= 11 is 0. The van der Waals surface area contributed by atoms with Crippen LogP contribution in [0.5, 0.6) is 5.75 Å². The van der Waals surface area contributed by atoms with E-state index in [-0.39, 0.29) is 37.0 Å². The number of hydrogen-bond acceptors (Lipinski definition) is 11. The van der Waals surface area contributed by atoms with Crippen LogP contribution in [0.4, 0.5) is 30.4 Å². The van der Waals surface area contributed by atoms with Crippen LogP contribution in [-0.4, -0.2) is 128 Å². The third kappa shape index (κ3) is 10.8. The van der Waals surface area contributed by atoms with Crippen LogP contribution in [0.1, 0.15) is 36.5 Å². The average Bonchev–Trinajstić information content (AvgIpc) is 3.22. The summed E-state index contributed by atoms with van der Waals surface area (Å²) in [4.78, 5) is 64.7. The number of anilines is 3. The van der Waals surface area contributed by atoms with Crippen molar-refractivity contribution in [3.8, 4) is 11.8 Å². The Morgan fingerprint density at radius 3 is 2.21 bits per heavy atom. The number of rotatable bonds is 13. The van der Waals surface area contributed by atoms with Gasteiger partial charge < -0.3 is 24.8 Å². The number of carbonyl (C=O) groups excluding carboxylic acids is 4. The number of piperazine rings is 2. The molecule has 4 heterocycles. The number of halogens is 3. The van der Waals surface area contributed by atoms with Crippen molar-refractivity contribution in [2.45, 2.75) is 38.4 Å². The molecule has 0 aliphatic carbocycles. The number of nitrogens with one attached hydrogen (secondary N) is 2. The molecule has 3 fully saturated rings. The molecule has 0 bridgehead atoms. The van der Waals surface area contributed by atoms with Gasteiger partial charge in [-0.3, -0.25) is 34.3 Å². The van der Waals surface area contributed by atoms with E-state index in [4.69, 9.17) is 10.00 Å². The summed E-state index contributed by atoms with van der Waals surface area (Å²) < 4.78 is 45.7. The van der Waals surface area contributed by atoms with Crippen LogP contribution < -0.4 is 25.2 Å². The molecular weight excluding hydrogens is 756 g/mol. The number of hydrogen-bond donors (Lipinski definition) is 2. The first kappa shape index (κ1) is 41.9. The summed E-state index contributed by atoms with van der Waals surface area (Å²) in [6.45, 7) is 10.8. The van der Waals surface area contributed by atoms with E-state index in [0.29, 0.717) is 12.2 Å². The molecule has 58 heavy (non-hydrogen) atoms. The van der Waals surface area contributed by atoms with E-state index in [9.17, 15) is 32.3 Å². The standard InChI is InChI=1S/C41H48F3N9O5/c1-28(39(56)47-31-5-4-30(25-45)34(24-31)41(42,43)44)27-58-33-8-6-32(7-9-33)52-19-15-50(16-20-52)13-14-51-17-21-53(22-18-51)36-11-3-29(26-46-36)23-38(55)49(2)35-10-12-37(54)48-40(35)57/h3-9,11,24,26,28,35H,10,12-23,27H2,1-2H3,(H,47,56)(H,48,54,57)/t28-,35?/m1/s1. The van der Waals surface area contributed by atoms with E-state index in [1.807, 2.05) is 36.4 Å². The van der Waals surface area contributed by atoms with Gasteiger partial charge in [0.1, 0.15) is 17.6 Å². The second kappa shape index (κ2) is 18.7. The number of aromatic nitrogens is 1. The predicted octanol–water partition coefficient (Wildman–Crippen LogP) is 3.38. The quantitative estimate of drug-likeness (QED) is 0.245. The summed E-state index contributed by atoms with van der Waals surface area (Å²) in [5, 5.41) is 13.8. The Bertz CT molecular complexity index is 1970. The van der Waals surface area contributed by atoms with Crippen molar-refractivity contribution in [2.24, 2.45) is 5.92 Å². The minimum atomic E-state index is -4.72. The van der Waals surface area contributed by atoms with Crippen LogP contribution in [0.25, 0.3) is 0 Å². The number of piperidine rings is 1. The number of nitrogens with zero attached hydrogens (tertiary/aromatic N) is 7. The monoisotopic (exact) mass is 803 g/mol. The zero-order valence-corrected chi connectivity index (χ0v) is 32.6. The number of amides is 4. The van der Waals surface area contributed by atoms with Crippen molar-refractivity contribution in [1.29, 1.82) is 5.26 Å². The number of ether oxygens (including phenoxy) is 1. The summed E-state index contributed by atoms with van der Waals surface area (Å²) in [5.74, 6) is -0.640. The molecule has 0 spiro atoms. The summed E-state index contributed by atoms with van der Waals surface area (Å²) in [5.41, 5.74) is 0.184. The Morgan fingerprint density at radius 1 is 0.966 bits per heavy atom.